The van der Waals surface area contributed by atoms with E-state index in [0.717, 1.165) is 16.1 Å². The summed E-state index contributed by atoms with van der Waals surface area (Å²) in [4.78, 5) is 12.9. The number of carbonyl (C=O) groups is 1. The molecule has 0 spiro atoms. The van der Waals surface area contributed by atoms with Crippen molar-refractivity contribution in [3.63, 3.8) is 0 Å². The van der Waals surface area contributed by atoms with Gasteiger partial charge in [-0.1, -0.05) is 24.6 Å². The maximum atomic E-state index is 12.9. The molecule has 0 unspecified atom stereocenters. The van der Waals surface area contributed by atoms with Crippen LogP contribution in [0, 0.1) is 6.92 Å². The molecule has 2 rings (SSSR count). The van der Waals surface area contributed by atoms with Crippen LogP contribution in [0.3, 0.4) is 0 Å². The molecule has 0 heterocycles. The van der Waals surface area contributed by atoms with Crippen molar-refractivity contribution < 1.29 is 22.7 Å². The van der Waals surface area contributed by atoms with Crippen LogP contribution < -0.4 is 19.1 Å². The number of carbonyl (C=O) groups excluding carboxylic acids is 1. The van der Waals surface area contributed by atoms with Gasteiger partial charge in [0.25, 0.3) is 0 Å². The molecule has 0 aliphatic rings. The van der Waals surface area contributed by atoms with Crippen molar-refractivity contribution in [3.8, 4) is 11.5 Å². The highest BCUT2D eigenvalue weighted by Crippen LogP contribution is 2.25. The number of rotatable bonds is 10. The van der Waals surface area contributed by atoms with Crippen molar-refractivity contribution in [2.45, 2.75) is 39.3 Å². The quantitative estimate of drug-likeness (QED) is 0.621. The molecule has 0 aliphatic heterocycles. The van der Waals surface area contributed by atoms with Crippen molar-refractivity contribution in [1.82, 2.24) is 5.32 Å². The second-order valence-electron chi connectivity index (χ2n) is 7.21. The lowest BCUT2D eigenvalue weighted by Crippen LogP contribution is -2.52. The van der Waals surface area contributed by atoms with Crippen molar-refractivity contribution in [1.29, 1.82) is 0 Å². The van der Waals surface area contributed by atoms with Gasteiger partial charge in [-0.05, 0) is 56.7 Å². The molecule has 0 aromatic heterocycles. The van der Waals surface area contributed by atoms with Crippen LogP contribution >= 0.6 is 0 Å². The van der Waals surface area contributed by atoms with Crippen molar-refractivity contribution in [2.24, 2.45) is 0 Å². The maximum Gasteiger partial charge on any atom is 0.244 e. The summed E-state index contributed by atoms with van der Waals surface area (Å²) in [5.41, 5.74) is 1.54. The molecule has 0 aliphatic carbocycles. The smallest absolute Gasteiger partial charge is 0.244 e. The van der Waals surface area contributed by atoms with E-state index >= 15 is 0 Å². The number of aryl methyl sites for hydroxylation is 1. The van der Waals surface area contributed by atoms with Gasteiger partial charge in [0.2, 0.25) is 15.9 Å². The largest absolute Gasteiger partial charge is 0.497 e. The summed E-state index contributed by atoms with van der Waals surface area (Å²) in [5.74, 6) is 0.940. The first kappa shape index (κ1) is 23.5. The summed E-state index contributed by atoms with van der Waals surface area (Å²) in [5, 5.41) is 2.86. The first-order chi connectivity index (χ1) is 14.2. The summed E-state index contributed by atoms with van der Waals surface area (Å²) in [6.45, 7) is 5.86. The third-order valence-corrected chi connectivity index (χ3v) is 5.75. The van der Waals surface area contributed by atoms with Crippen LogP contribution in [0.25, 0.3) is 0 Å². The van der Waals surface area contributed by atoms with Crippen LogP contribution in [-0.2, 0) is 14.8 Å². The van der Waals surface area contributed by atoms with Crippen molar-refractivity contribution in [3.05, 3.63) is 54.1 Å². The van der Waals surface area contributed by atoms with Crippen LogP contribution in [0.15, 0.2) is 48.5 Å². The minimum absolute atomic E-state index is 0.270. The Morgan fingerprint density at radius 1 is 1.07 bits per heavy atom. The van der Waals surface area contributed by atoms with Gasteiger partial charge in [-0.15, -0.1) is 0 Å². The van der Waals surface area contributed by atoms with Crippen LogP contribution in [0.5, 0.6) is 11.5 Å². The molecule has 0 saturated carbocycles. The predicted octanol–water partition coefficient (Wildman–Crippen LogP) is 3.13. The average Bonchev–Trinajstić information content (AvgIpc) is 2.70. The van der Waals surface area contributed by atoms with E-state index < -0.39 is 16.1 Å². The summed E-state index contributed by atoms with van der Waals surface area (Å²) < 4.78 is 37.0. The highest BCUT2D eigenvalue weighted by atomic mass is 32.2. The number of hydrogen-bond acceptors (Lipinski definition) is 5. The molecular formula is C22H30N2O5S. The fraction of sp³-hybridized carbons (Fsp3) is 0.409. The predicted molar refractivity (Wildman–Crippen MR) is 119 cm³/mol. The first-order valence-corrected chi connectivity index (χ1v) is 11.6. The molecule has 8 heteroatoms. The highest BCUT2D eigenvalue weighted by molar-refractivity contribution is 7.92. The lowest BCUT2D eigenvalue weighted by Gasteiger charge is -2.31. The van der Waals surface area contributed by atoms with Gasteiger partial charge < -0.3 is 14.8 Å². The zero-order valence-corrected chi connectivity index (χ0v) is 18.9. The normalized spacial score (nSPS) is 13.2. The zero-order chi connectivity index (χ0) is 22.3. The third-order valence-electron chi connectivity index (χ3n) is 4.57. The Kier molecular flexibility index (Phi) is 8.11. The summed E-state index contributed by atoms with van der Waals surface area (Å²) in [6, 6.07) is 13.0. The Morgan fingerprint density at radius 2 is 1.63 bits per heavy atom. The van der Waals surface area contributed by atoms with E-state index in [1.54, 1.807) is 31.2 Å². The monoisotopic (exact) mass is 434 g/mol. The van der Waals surface area contributed by atoms with Gasteiger partial charge in [-0.3, -0.25) is 9.10 Å². The standard InChI is InChI=1S/C22H30N2O5S/c1-6-21(24(30(5,26)27)18-9-13-19(28-4)14-10-18)22(25)23-17(3)15-29-20-11-7-16(2)8-12-20/h7-14,17,21H,6,15H2,1-5H3,(H,23,25)/t17-,21-/m0/s1. The van der Waals surface area contributed by atoms with Gasteiger partial charge in [0.15, 0.2) is 0 Å². The first-order valence-electron chi connectivity index (χ1n) is 9.79. The molecule has 0 fully saturated rings. The lowest BCUT2D eigenvalue weighted by atomic mass is 10.1. The Balaban J connectivity index is 2.11. The molecule has 1 N–H and O–H groups in total. The minimum atomic E-state index is -3.69. The molecule has 30 heavy (non-hydrogen) atoms. The van der Waals surface area contributed by atoms with E-state index in [2.05, 4.69) is 5.32 Å². The molecule has 1 amide bonds. The van der Waals surface area contributed by atoms with Crippen LogP contribution in [-0.4, -0.2) is 46.4 Å². The number of hydrogen-bond donors (Lipinski definition) is 1. The Bertz CT molecular complexity index is 927. The zero-order valence-electron chi connectivity index (χ0n) is 18.1. The Morgan fingerprint density at radius 3 is 2.13 bits per heavy atom. The van der Waals surface area contributed by atoms with Crippen LogP contribution in [0.2, 0.25) is 0 Å². The van der Waals surface area contributed by atoms with Gasteiger partial charge >= 0.3 is 0 Å². The Hall–Kier alpha value is -2.74. The van der Waals surface area contributed by atoms with E-state index in [9.17, 15) is 13.2 Å². The number of ether oxygens (including phenoxy) is 2. The second-order valence-corrected chi connectivity index (χ2v) is 9.07. The van der Waals surface area contributed by atoms with Crippen molar-refractivity contribution >= 4 is 21.6 Å². The SMILES string of the molecule is CC[C@@H](C(=O)N[C@@H](C)COc1ccc(C)cc1)N(c1ccc(OC)cc1)S(C)(=O)=O. The van der Waals surface area contributed by atoms with Crippen LogP contribution in [0.4, 0.5) is 5.69 Å². The molecular weight excluding hydrogens is 404 g/mol. The van der Waals surface area contributed by atoms with E-state index in [1.165, 1.54) is 7.11 Å². The highest BCUT2D eigenvalue weighted by Gasteiger charge is 2.32. The summed E-state index contributed by atoms with van der Waals surface area (Å²) >= 11 is 0. The third kappa shape index (κ3) is 6.38. The number of anilines is 1. The van der Waals surface area contributed by atoms with E-state index in [1.807, 2.05) is 38.1 Å². The summed E-state index contributed by atoms with van der Waals surface area (Å²) in [7, 11) is -2.16. The van der Waals surface area contributed by atoms with E-state index in [4.69, 9.17) is 9.47 Å². The fourth-order valence-electron chi connectivity index (χ4n) is 3.03. The van der Waals surface area contributed by atoms with Gasteiger partial charge in [0, 0.05) is 0 Å². The molecule has 2 atom stereocenters. The van der Waals surface area contributed by atoms with E-state index in [0.29, 0.717) is 23.6 Å². The molecule has 2 aromatic rings. The van der Waals surface area contributed by atoms with Gasteiger partial charge in [-0.25, -0.2) is 8.42 Å². The molecule has 0 radical (unpaired) electrons. The molecule has 164 valence electrons. The van der Waals surface area contributed by atoms with Gasteiger partial charge in [-0.2, -0.15) is 0 Å². The average molecular weight is 435 g/mol. The molecule has 0 saturated heterocycles. The Labute approximate surface area is 179 Å². The topological polar surface area (TPSA) is 84.9 Å². The maximum absolute atomic E-state index is 12.9. The number of sulfonamides is 1. The molecule has 7 nitrogen and oxygen atoms in total. The number of amides is 1. The summed E-state index contributed by atoms with van der Waals surface area (Å²) in [6.07, 6.45) is 1.41. The second kappa shape index (κ2) is 10.3. The van der Waals surface area contributed by atoms with Crippen LogP contribution in [0.1, 0.15) is 25.8 Å². The lowest BCUT2D eigenvalue weighted by molar-refractivity contribution is -0.123. The van der Waals surface area contributed by atoms with Gasteiger partial charge in [0.1, 0.15) is 24.1 Å². The minimum Gasteiger partial charge on any atom is -0.497 e. The van der Waals surface area contributed by atoms with Gasteiger partial charge in [0.05, 0.1) is 25.1 Å². The number of nitrogens with one attached hydrogen (secondary N) is 1. The molecule has 2 aromatic carbocycles. The number of methoxy groups -OCH3 is 1. The number of benzene rings is 2. The fourth-order valence-corrected chi connectivity index (χ4v) is 4.24. The van der Waals surface area contributed by atoms with E-state index in [-0.39, 0.29) is 18.6 Å². The number of nitrogens with zero attached hydrogens (tertiary/aromatic N) is 1. The molecule has 0 bridgehead atoms. The van der Waals surface area contributed by atoms with Crippen molar-refractivity contribution in [2.75, 3.05) is 24.3 Å².